The van der Waals surface area contributed by atoms with Crippen LogP contribution in [0.25, 0.3) is 44.8 Å². The third kappa shape index (κ3) is 4.38. The third-order valence-corrected chi connectivity index (χ3v) is 9.00. The minimum absolute atomic E-state index is 0.428. The van der Waals surface area contributed by atoms with Gasteiger partial charge in [-0.15, -0.1) is 0 Å². The second-order valence-electron chi connectivity index (χ2n) is 11.4. The summed E-state index contributed by atoms with van der Waals surface area (Å²) in [6, 6.07) is 33.3. The summed E-state index contributed by atoms with van der Waals surface area (Å²) in [4.78, 5) is 15.1. The Morgan fingerprint density at radius 3 is 1.78 bits per heavy atom. The van der Waals surface area contributed by atoms with Crippen LogP contribution in [0.4, 0.5) is 0 Å². The highest BCUT2D eigenvalue weighted by Crippen LogP contribution is 2.62. The Kier molecular flexibility index (Phi) is 7.31. The van der Waals surface area contributed by atoms with Gasteiger partial charge in [0.15, 0.2) is 17.5 Å². The third-order valence-electron chi connectivity index (χ3n) is 9.00. The molecular formula is C42H35N3. The van der Waals surface area contributed by atoms with Crippen LogP contribution in [0.2, 0.25) is 0 Å². The number of nitrogens with zero attached hydrogens (tertiary/aromatic N) is 3. The molecular weight excluding hydrogens is 546 g/mol. The van der Waals surface area contributed by atoms with E-state index in [2.05, 4.69) is 117 Å². The first-order valence-corrected chi connectivity index (χ1v) is 15.6. The lowest BCUT2D eigenvalue weighted by atomic mass is 9.70. The lowest BCUT2D eigenvalue weighted by Crippen LogP contribution is -2.25. The van der Waals surface area contributed by atoms with Gasteiger partial charge in [0.25, 0.3) is 0 Å². The average Bonchev–Trinajstić information content (AvgIpc) is 3.56. The molecule has 3 nitrogen and oxygen atoms in total. The maximum atomic E-state index is 5.07. The van der Waals surface area contributed by atoms with E-state index < -0.39 is 5.41 Å². The van der Waals surface area contributed by atoms with Crippen LogP contribution in [0.1, 0.15) is 60.6 Å². The van der Waals surface area contributed by atoms with Crippen LogP contribution < -0.4 is 0 Å². The number of aromatic nitrogens is 3. The highest BCUT2D eigenvalue weighted by Gasteiger charge is 2.51. The van der Waals surface area contributed by atoms with Crippen molar-refractivity contribution in [3.05, 3.63) is 175 Å². The van der Waals surface area contributed by atoms with Gasteiger partial charge in [-0.1, -0.05) is 148 Å². The molecule has 0 unspecified atom stereocenters. The van der Waals surface area contributed by atoms with E-state index in [1.165, 1.54) is 44.5 Å². The highest BCUT2D eigenvalue weighted by atomic mass is 15.0. The van der Waals surface area contributed by atoms with Gasteiger partial charge in [-0.25, -0.2) is 15.0 Å². The molecule has 0 bridgehead atoms. The van der Waals surface area contributed by atoms with Crippen molar-refractivity contribution in [1.82, 2.24) is 15.0 Å². The minimum Gasteiger partial charge on any atom is -0.208 e. The summed E-state index contributed by atoms with van der Waals surface area (Å²) in [5.41, 5.74) is 12.6. The van der Waals surface area contributed by atoms with Crippen molar-refractivity contribution >= 4 is 11.1 Å². The van der Waals surface area contributed by atoms with Gasteiger partial charge in [-0.3, -0.25) is 0 Å². The number of rotatable bonds is 8. The molecule has 2 aliphatic carbocycles. The smallest absolute Gasteiger partial charge is 0.164 e. The predicted octanol–water partition coefficient (Wildman–Crippen LogP) is 10.4. The van der Waals surface area contributed by atoms with E-state index >= 15 is 0 Å². The first kappa shape index (κ1) is 28.4. The van der Waals surface area contributed by atoms with Gasteiger partial charge in [0.1, 0.15) is 0 Å². The standard InChI is InChI=1S/C42H35N3/c1-5-9-17-28(7-3)39-43-40(29(8-4)18-10-6-2)45-41(44-39)30-25-26-34-33-21-13-16-24-37(33)42(38(34)27-30)35-22-14-11-19-31(35)32-20-12-15-23-36(32)42/h5,7-9,11-27H,1,4,6,10H2,2-3H3/b17-9-,28-7+,29-18+. The second-order valence-corrected chi connectivity index (χ2v) is 11.4. The quantitative estimate of drug-likeness (QED) is 0.168. The van der Waals surface area contributed by atoms with E-state index in [0.29, 0.717) is 17.5 Å². The zero-order chi connectivity index (χ0) is 31.0. The maximum absolute atomic E-state index is 5.07. The predicted molar refractivity (Wildman–Crippen MR) is 188 cm³/mol. The van der Waals surface area contributed by atoms with Gasteiger partial charge >= 0.3 is 0 Å². The number of unbranched alkanes of at least 4 members (excludes halogenated alkanes) is 1. The fourth-order valence-corrected chi connectivity index (χ4v) is 7.03. The van der Waals surface area contributed by atoms with Gasteiger partial charge in [-0.05, 0) is 63.9 Å². The number of benzene rings is 4. The van der Waals surface area contributed by atoms with Crippen molar-refractivity contribution in [3.8, 4) is 33.6 Å². The van der Waals surface area contributed by atoms with Gasteiger partial charge in [0, 0.05) is 16.7 Å². The molecule has 0 aliphatic heterocycles. The first-order chi connectivity index (χ1) is 22.1. The summed E-state index contributed by atoms with van der Waals surface area (Å²) in [5.74, 6) is 1.88. The molecule has 0 radical (unpaired) electrons. The van der Waals surface area contributed by atoms with Crippen LogP contribution >= 0.6 is 0 Å². The molecule has 1 heterocycles. The first-order valence-electron chi connectivity index (χ1n) is 15.6. The van der Waals surface area contributed by atoms with Crippen molar-refractivity contribution in [2.75, 3.05) is 0 Å². The Balaban J connectivity index is 1.50. The number of fused-ring (bicyclic) bond motifs is 10. The van der Waals surface area contributed by atoms with E-state index in [4.69, 9.17) is 15.0 Å². The molecule has 3 heteroatoms. The van der Waals surface area contributed by atoms with Crippen LogP contribution in [-0.2, 0) is 5.41 Å². The van der Waals surface area contributed by atoms with Crippen molar-refractivity contribution in [1.29, 1.82) is 0 Å². The molecule has 0 fully saturated rings. The normalized spacial score (nSPS) is 14.3. The Morgan fingerprint density at radius 2 is 1.24 bits per heavy atom. The Hall–Kier alpha value is -5.41. The molecule has 0 N–H and O–H groups in total. The molecule has 5 aromatic rings. The van der Waals surface area contributed by atoms with E-state index in [9.17, 15) is 0 Å². The van der Waals surface area contributed by atoms with Crippen LogP contribution in [0.5, 0.6) is 0 Å². The summed E-state index contributed by atoms with van der Waals surface area (Å²) in [7, 11) is 0. The topological polar surface area (TPSA) is 38.7 Å². The lowest BCUT2D eigenvalue weighted by molar-refractivity contribution is 0.793. The van der Waals surface area contributed by atoms with E-state index in [-0.39, 0.29) is 0 Å². The molecule has 7 rings (SSSR count). The largest absolute Gasteiger partial charge is 0.208 e. The fraction of sp³-hybridized carbons (Fsp3) is 0.119. The van der Waals surface area contributed by atoms with Crippen LogP contribution in [-0.4, -0.2) is 15.0 Å². The lowest BCUT2D eigenvalue weighted by Gasteiger charge is -2.30. The van der Waals surface area contributed by atoms with Crippen molar-refractivity contribution < 1.29 is 0 Å². The summed E-state index contributed by atoms with van der Waals surface area (Å²) in [6.45, 7) is 12.1. The van der Waals surface area contributed by atoms with Crippen LogP contribution in [0.15, 0.2) is 141 Å². The Morgan fingerprint density at radius 1 is 0.689 bits per heavy atom. The van der Waals surface area contributed by atoms with Crippen molar-refractivity contribution in [2.24, 2.45) is 0 Å². The molecule has 0 amide bonds. The molecule has 218 valence electrons. The molecule has 0 saturated heterocycles. The van der Waals surface area contributed by atoms with Gasteiger partial charge in [0.2, 0.25) is 0 Å². The minimum atomic E-state index is -0.428. The molecule has 1 aromatic heterocycles. The monoisotopic (exact) mass is 581 g/mol. The average molecular weight is 582 g/mol. The molecule has 45 heavy (non-hydrogen) atoms. The second kappa shape index (κ2) is 11.6. The summed E-state index contributed by atoms with van der Waals surface area (Å²) >= 11 is 0. The number of allylic oxidation sites excluding steroid dienone is 8. The molecule has 1 spiro atoms. The van der Waals surface area contributed by atoms with E-state index in [1.54, 1.807) is 6.08 Å². The number of hydrogen-bond donors (Lipinski definition) is 0. The highest BCUT2D eigenvalue weighted by molar-refractivity contribution is 5.95. The van der Waals surface area contributed by atoms with Gasteiger partial charge < -0.3 is 0 Å². The van der Waals surface area contributed by atoms with Crippen LogP contribution in [0, 0.1) is 0 Å². The fourth-order valence-electron chi connectivity index (χ4n) is 7.03. The van der Waals surface area contributed by atoms with Crippen molar-refractivity contribution in [3.63, 3.8) is 0 Å². The van der Waals surface area contributed by atoms with E-state index in [1.807, 2.05) is 31.2 Å². The summed E-state index contributed by atoms with van der Waals surface area (Å²) in [6.07, 6.45) is 13.6. The van der Waals surface area contributed by atoms with E-state index in [0.717, 1.165) is 29.6 Å². The zero-order valence-electron chi connectivity index (χ0n) is 25.8. The van der Waals surface area contributed by atoms with Gasteiger partial charge in [0.05, 0.1) is 5.41 Å². The number of hydrogen-bond acceptors (Lipinski definition) is 3. The Labute approximate surface area is 265 Å². The zero-order valence-corrected chi connectivity index (χ0v) is 25.8. The molecule has 2 aliphatic rings. The maximum Gasteiger partial charge on any atom is 0.164 e. The van der Waals surface area contributed by atoms with Crippen molar-refractivity contribution in [2.45, 2.75) is 32.1 Å². The Bertz CT molecular complexity index is 2010. The molecule has 4 aromatic carbocycles. The van der Waals surface area contributed by atoms with Crippen LogP contribution in [0.3, 0.4) is 0 Å². The summed E-state index contributed by atoms with van der Waals surface area (Å²) in [5, 5.41) is 0. The summed E-state index contributed by atoms with van der Waals surface area (Å²) < 4.78 is 0. The SMILES string of the molecule is C=C/C=C\C(=C/C)c1nc(/C(C=C)=C/CCC)nc(-c2ccc3c(c2)C2(c4ccccc4-c4ccccc42)c2ccccc2-3)n1. The van der Waals surface area contributed by atoms with Gasteiger partial charge in [-0.2, -0.15) is 0 Å². The molecule has 0 saturated carbocycles. The molecule has 0 atom stereocenters.